The highest BCUT2D eigenvalue weighted by atomic mass is 16.2. The molecule has 2 rings (SSSR count). The third kappa shape index (κ3) is 2.43. The maximum absolute atomic E-state index is 11.8. The fourth-order valence-electron chi connectivity index (χ4n) is 1.81. The van der Waals surface area contributed by atoms with E-state index in [0.29, 0.717) is 12.0 Å². The van der Waals surface area contributed by atoms with Gasteiger partial charge in [0.15, 0.2) is 0 Å². The Bertz CT molecular complexity index is 377. The molecule has 1 N–H and O–H groups in total. The number of carbonyl (C=O) groups is 1. The molecule has 16 heavy (non-hydrogen) atoms. The molecule has 0 bridgehead atoms. The molecule has 1 aromatic carbocycles. The second-order valence-corrected chi connectivity index (χ2v) is 5.58. The van der Waals surface area contributed by atoms with Gasteiger partial charge in [-0.25, -0.2) is 0 Å². The van der Waals surface area contributed by atoms with Crippen molar-refractivity contribution >= 4 is 5.91 Å². The summed E-state index contributed by atoms with van der Waals surface area (Å²) in [6.07, 6.45) is 1.08. The number of nitrogens with one attached hydrogen (secondary N) is 1. The topological polar surface area (TPSA) is 29.1 Å². The number of amides is 1. The van der Waals surface area contributed by atoms with Crippen molar-refractivity contribution in [2.45, 2.75) is 39.2 Å². The lowest BCUT2D eigenvalue weighted by Crippen LogP contribution is -2.36. The maximum Gasteiger partial charge on any atom is 0.225 e. The first-order valence-electron chi connectivity index (χ1n) is 5.84. The van der Waals surface area contributed by atoms with Crippen molar-refractivity contribution in [2.75, 3.05) is 0 Å². The number of carbonyl (C=O) groups excluding carboxylic acids is 1. The Hall–Kier alpha value is -1.31. The van der Waals surface area contributed by atoms with Crippen LogP contribution in [-0.2, 0) is 4.79 Å². The van der Waals surface area contributed by atoms with Crippen molar-refractivity contribution in [3.8, 4) is 0 Å². The Kier molecular flexibility index (Phi) is 2.75. The zero-order valence-electron chi connectivity index (χ0n) is 10.2. The standard InChI is InChI=1S/C14H19NO/c1-14(2,3)13(16)15-12-9-11(12)10-7-5-4-6-8-10/h4-8,11-12H,9H2,1-3H3,(H,15,16)/t11-,12+/m0/s1. The molecule has 0 aromatic heterocycles. The molecule has 0 unspecified atom stereocenters. The van der Waals surface area contributed by atoms with Crippen LogP contribution in [-0.4, -0.2) is 11.9 Å². The van der Waals surface area contributed by atoms with E-state index in [0.717, 1.165) is 6.42 Å². The molecule has 0 aliphatic heterocycles. The molecular weight excluding hydrogens is 198 g/mol. The second kappa shape index (κ2) is 3.93. The fraction of sp³-hybridized carbons (Fsp3) is 0.500. The quantitative estimate of drug-likeness (QED) is 0.810. The highest BCUT2D eigenvalue weighted by Gasteiger charge is 2.40. The number of hydrogen-bond donors (Lipinski definition) is 1. The molecule has 1 saturated carbocycles. The smallest absolute Gasteiger partial charge is 0.225 e. The molecule has 1 aliphatic carbocycles. The van der Waals surface area contributed by atoms with Crippen molar-refractivity contribution in [2.24, 2.45) is 5.41 Å². The van der Waals surface area contributed by atoms with Crippen LogP contribution in [0.5, 0.6) is 0 Å². The van der Waals surface area contributed by atoms with Crippen molar-refractivity contribution in [1.82, 2.24) is 5.32 Å². The molecule has 86 valence electrons. The SMILES string of the molecule is CC(C)(C)C(=O)N[C@@H]1C[C@H]1c1ccccc1. The Balaban J connectivity index is 1.91. The monoisotopic (exact) mass is 217 g/mol. The van der Waals surface area contributed by atoms with E-state index >= 15 is 0 Å². The Morgan fingerprint density at radius 2 is 1.88 bits per heavy atom. The van der Waals surface area contributed by atoms with Crippen LogP contribution in [0.4, 0.5) is 0 Å². The fourth-order valence-corrected chi connectivity index (χ4v) is 1.81. The molecule has 0 radical (unpaired) electrons. The summed E-state index contributed by atoms with van der Waals surface area (Å²) < 4.78 is 0. The minimum absolute atomic E-state index is 0.149. The van der Waals surface area contributed by atoms with Crippen LogP contribution in [0.3, 0.4) is 0 Å². The number of hydrogen-bond acceptors (Lipinski definition) is 1. The van der Waals surface area contributed by atoms with E-state index in [2.05, 4.69) is 29.6 Å². The van der Waals surface area contributed by atoms with E-state index in [1.807, 2.05) is 26.8 Å². The molecule has 2 nitrogen and oxygen atoms in total. The molecule has 1 amide bonds. The number of rotatable bonds is 2. The van der Waals surface area contributed by atoms with Gasteiger partial charge in [-0.2, -0.15) is 0 Å². The van der Waals surface area contributed by atoms with Gasteiger partial charge in [-0.15, -0.1) is 0 Å². The molecule has 1 aliphatic rings. The van der Waals surface area contributed by atoms with Gasteiger partial charge in [0, 0.05) is 17.4 Å². The average molecular weight is 217 g/mol. The van der Waals surface area contributed by atoms with Crippen molar-refractivity contribution in [3.05, 3.63) is 35.9 Å². The normalized spacial score (nSPS) is 23.9. The first kappa shape index (κ1) is 11.2. The summed E-state index contributed by atoms with van der Waals surface area (Å²) in [4.78, 5) is 11.8. The lowest BCUT2D eigenvalue weighted by atomic mass is 9.95. The van der Waals surface area contributed by atoms with Gasteiger partial charge in [0.05, 0.1) is 0 Å². The Morgan fingerprint density at radius 1 is 1.25 bits per heavy atom. The molecule has 0 spiro atoms. The van der Waals surface area contributed by atoms with E-state index in [9.17, 15) is 4.79 Å². The van der Waals surface area contributed by atoms with E-state index in [1.165, 1.54) is 5.56 Å². The van der Waals surface area contributed by atoms with E-state index in [-0.39, 0.29) is 11.3 Å². The minimum atomic E-state index is -0.288. The summed E-state index contributed by atoms with van der Waals surface area (Å²) in [5, 5.41) is 3.10. The van der Waals surface area contributed by atoms with Crippen LogP contribution in [0.15, 0.2) is 30.3 Å². The molecule has 0 heterocycles. The van der Waals surface area contributed by atoms with Gasteiger partial charge < -0.3 is 5.32 Å². The highest BCUT2D eigenvalue weighted by Crippen LogP contribution is 2.41. The van der Waals surface area contributed by atoms with Crippen LogP contribution in [0.1, 0.15) is 38.7 Å². The van der Waals surface area contributed by atoms with Gasteiger partial charge in [-0.3, -0.25) is 4.79 Å². The third-order valence-electron chi connectivity index (χ3n) is 3.02. The Labute approximate surface area is 97.1 Å². The van der Waals surface area contributed by atoms with Crippen molar-refractivity contribution in [1.29, 1.82) is 0 Å². The zero-order valence-corrected chi connectivity index (χ0v) is 10.2. The zero-order chi connectivity index (χ0) is 11.8. The van der Waals surface area contributed by atoms with Gasteiger partial charge >= 0.3 is 0 Å². The van der Waals surface area contributed by atoms with E-state index in [1.54, 1.807) is 0 Å². The average Bonchev–Trinajstić information content (AvgIpc) is 2.97. The molecule has 1 fully saturated rings. The summed E-state index contributed by atoms with van der Waals surface area (Å²) in [6.45, 7) is 5.84. The third-order valence-corrected chi connectivity index (χ3v) is 3.02. The predicted molar refractivity (Wildman–Crippen MR) is 65.2 cm³/mol. The molecule has 0 saturated heterocycles. The summed E-state index contributed by atoms with van der Waals surface area (Å²) in [6, 6.07) is 10.7. The van der Waals surface area contributed by atoms with Gasteiger partial charge in [-0.1, -0.05) is 51.1 Å². The maximum atomic E-state index is 11.8. The van der Waals surface area contributed by atoms with Gasteiger partial charge in [0.25, 0.3) is 0 Å². The van der Waals surface area contributed by atoms with E-state index in [4.69, 9.17) is 0 Å². The van der Waals surface area contributed by atoms with Crippen LogP contribution in [0.25, 0.3) is 0 Å². The molecule has 2 atom stereocenters. The summed E-state index contributed by atoms with van der Waals surface area (Å²) in [5.74, 6) is 0.670. The largest absolute Gasteiger partial charge is 0.352 e. The summed E-state index contributed by atoms with van der Waals surface area (Å²) >= 11 is 0. The van der Waals surface area contributed by atoms with Crippen LogP contribution in [0, 0.1) is 5.41 Å². The first-order chi connectivity index (χ1) is 7.48. The van der Waals surface area contributed by atoms with Crippen LogP contribution >= 0.6 is 0 Å². The molecular formula is C14H19NO. The first-order valence-corrected chi connectivity index (χ1v) is 5.84. The molecule has 2 heteroatoms. The lowest BCUT2D eigenvalue weighted by Gasteiger charge is -2.17. The second-order valence-electron chi connectivity index (χ2n) is 5.58. The lowest BCUT2D eigenvalue weighted by molar-refractivity contribution is -0.128. The summed E-state index contributed by atoms with van der Waals surface area (Å²) in [5.41, 5.74) is 1.05. The minimum Gasteiger partial charge on any atom is -0.352 e. The highest BCUT2D eigenvalue weighted by molar-refractivity contribution is 5.82. The van der Waals surface area contributed by atoms with Crippen LogP contribution < -0.4 is 5.32 Å². The van der Waals surface area contributed by atoms with Crippen molar-refractivity contribution < 1.29 is 4.79 Å². The van der Waals surface area contributed by atoms with Gasteiger partial charge in [0.1, 0.15) is 0 Å². The number of benzene rings is 1. The summed E-state index contributed by atoms with van der Waals surface area (Å²) in [7, 11) is 0. The van der Waals surface area contributed by atoms with Crippen LogP contribution in [0.2, 0.25) is 0 Å². The Morgan fingerprint density at radius 3 is 2.44 bits per heavy atom. The van der Waals surface area contributed by atoms with Gasteiger partial charge in [-0.05, 0) is 12.0 Å². The van der Waals surface area contributed by atoms with Crippen molar-refractivity contribution in [3.63, 3.8) is 0 Å². The molecule has 1 aromatic rings. The predicted octanol–water partition coefficient (Wildman–Crippen LogP) is 2.70. The van der Waals surface area contributed by atoms with Gasteiger partial charge in [0.2, 0.25) is 5.91 Å². The van der Waals surface area contributed by atoms with E-state index < -0.39 is 0 Å².